The van der Waals surface area contributed by atoms with Crippen molar-refractivity contribution in [3.8, 4) is 0 Å². The quantitative estimate of drug-likeness (QED) is 0.308. The number of hydrogen-bond acceptors (Lipinski definition) is 4. The Kier molecular flexibility index (Phi) is 7.73. The first kappa shape index (κ1) is 22.1. The Balaban J connectivity index is 2.07. The third-order valence-corrected chi connectivity index (χ3v) is 7.73. The lowest BCUT2D eigenvalue weighted by Crippen LogP contribution is -2.21. The molecule has 3 aromatic rings. The zero-order valence-corrected chi connectivity index (χ0v) is 18.9. The normalized spacial score (nSPS) is 14.0. The predicted octanol–water partition coefficient (Wildman–Crippen LogP) is 6.28. The molecule has 158 valence electrons. The molecule has 0 aliphatic rings. The summed E-state index contributed by atoms with van der Waals surface area (Å²) in [5.74, 6) is -0.483. The summed E-state index contributed by atoms with van der Waals surface area (Å²) in [6.45, 7) is 2.57. The largest absolute Gasteiger partial charge is 0.378 e. The smallest absolute Gasteiger partial charge is 0.258 e. The zero-order chi connectivity index (χ0) is 21.4. The molecule has 0 radical (unpaired) electrons. The molecule has 0 bridgehead atoms. The van der Waals surface area contributed by atoms with Crippen LogP contribution >= 0.6 is 7.37 Å². The summed E-state index contributed by atoms with van der Waals surface area (Å²) >= 11 is 0. The minimum Gasteiger partial charge on any atom is -0.378 e. The number of nitrogens with zero attached hydrogens (tertiary/aromatic N) is 1. The predicted molar refractivity (Wildman–Crippen MR) is 128 cm³/mol. The van der Waals surface area contributed by atoms with E-state index in [4.69, 9.17) is 4.52 Å². The molecule has 0 amide bonds. The second-order valence-electron chi connectivity index (χ2n) is 7.52. The third kappa shape index (κ3) is 5.33. The minimum absolute atomic E-state index is 0.461. The van der Waals surface area contributed by atoms with Crippen LogP contribution in [0.5, 0.6) is 0 Å². The van der Waals surface area contributed by atoms with E-state index in [-0.39, 0.29) is 0 Å². The Labute approximate surface area is 180 Å². The van der Waals surface area contributed by atoms with Crippen molar-refractivity contribution in [2.24, 2.45) is 0 Å². The van der Waals surface area contributed by atoms with E-state index in [2.05, 4.69) is 12.2 Å². The number of anilines is 2. The summed E-state index contributed by atoms with van der Waals surface area (Å²) in [5, 5.41) is 4.22. The molecular weight excluding hydrogens is 391 g/mol. The molecule has 1 N–H and O–H groups in total. The van der Waals surface area contributed by atoms with E-state index in [0.29, 0.717) is 6.61 Å². The van der Waals surface area contributed by atoms with Gasteiger partial charge in [-0.1, -0.05) is 61.9 Å². The second kappa shape index (κ2) is 10.5. The Morgan fingerprint density at radius 3 is 2.07 bits per heavy atom. The second-order valence-corrected chi connectivity index (χ2v) is 10.0. The van der Waals surface area contributed by atoms with Crippen LogP contribution < -0.4 is 15.5 Å². The molecule has 0 aliphatic carbocycles. The molecule has 0 saturated carbocycles. The van der Waals surface area contributed by atoms with Gasteiger partial charge in [0.2, 0.25) is 0 Å². The van der Waals surface area contributed by atoms with Crippen LogP contribution in [0, 0.1) is 0 Å². The van der Waals surface area contributed by atoms with Crippen LogP contribution in [0.1, 0.15) is 31.1 Å². The van der Waals surface area contributed by atoms with Crippen molar-refractivity contribution >= 4 is 24.0 Å². The van der Waals surface area contributed by atoms with Crippen LogP contribution in [0.25, 0.3) is 0 Å². The Morgan fingerprint density at radius 1 is 0.900 bits per heavy atom. The van der Waals surface area contributed by atoms with E-state index in [1.807, 2.05) is 104 Å². The fourth-order valence-electron chi connectivity index (χ4n) is 3.29. The maximum absolute atomic E-state index is 14.6. The minimum atomic E-state index is -3.28. The van der Waals surface area contributed by atoms with Gasteiger partial charge in [0.05, 0.1) is 6.61 Å². The molecule has 0 aliphatic heterocycles. The van der Waals surface area contributed by atoms with Crippen molar-refractivity contribution < 1.29 is 9.09 Å². The van der Waals surface area contributed by atoms with Crippen molar-refractivity contribution in [2.75, 3.05) is 30.9 Å². The first-order valence-corrected chi connectivity index (χ1v) is 12.1. The summed E-state index contributed by atoms with van der Waals surface area (Å²) in [6.07, 6.45) is 1.86. The average molecular weight is 423 g/mol. The molecule has 0 heterocycles. The van der Waals surface area contributed by atoms with Gasteiger partial charge in [0.25, 0.3) is 7.37 Å². The molecule has 2 atom stereocenters. The van der Waals surface area contributed by atoms with E-state index in [0.717, 1.165) is 35.1 Å². The SMILES string of the molecule is CCCCO[P@@](=O)(c1ccc(N(C)C)cc1)[C@@H](Nc1ccccc1)c1ccccc1. The van der Waals surface area contributed by atoms with Gasteiger partial charge in [-0.05, 0) is 48.4 Å². The zero-order valence-electron chi connectivity index (χ0n) is 18.0. The Bertz CT molecular complexity index is 944. The summed E-state index contributed by atoms with van der Waals surface area (Å²) < 4.78 is 20.8. The summed E-state index contributed by atoms with van der Waals surface area (Å²) in [6, 6.07) is 27.7. The molecule has 4 nitrogen and oxygen atoms in total. The monoisotopic (exact) mass is 422 g/mol. The van der Waals surface area contributed by atoms with Crippen LogP contribution in [-0.4, -0.2) is 20.7 Å². The van der Waals surface area contributed by atoms with Crippen molar-refractivity contribution in [1.29, 1.82) is 0 Å². The van der Waals surface area contributed by atoms with Gasteiger partial charge in [0, 0.05) is 30.8 Å². The van der Waals surface area contributed by atoms with E-state index >= 15 is 0 Å². The lowest BCUT2D eigenvalue weighted by molar-refractivity contribution is 0.308. The number of unbranched alkanes of at least 4 members (excludes halogenated alkanes) is 1. The summed E-state index contributed by atoms with van der Waals surface area (Å²) in [7, 11) is 0.714. The topological polar surface area (TPSA) is 41.6 Å². The fraction of sp³-hybridized carbons (Fsp3) is 0.280. The Morgan fingerprint density at radius 2 is 1.50 bits per heavy atom. The van der Waals surface area contributed by atoms with E-state index in [9.17, 15) is 4.57 Å². The van der Waals surface area contributed by atoms with Crippen LogP contribution in [0.3, 0.4) is 0 Å². The maximum Gasteiger partial charge on any atom is 0.258 e. The van der Waals surface area contributed by atoms with Crippen LogP contribution in [0.4, 0.5) is 11.4 Å². The van der Waals surface area contributed by atoms with Crippen LogP contribution in [0.15, 0.2) is 84.9 Å². The van der Waals surface area contributed by atoms with Gasteiger partial charge in [-0.25, -0.2) is 0 Å². The standard InChI is InChI=1S/C25H31N2O2P/c1-4-5-20-29-30(28,24-18-16-23(17-19-24)27(2)3)25(21-12-8-6-9-13-21)26-22-14-10-7-11-15-22/h6-19,25-26H,4-5,20H2,1-3H3/t25-,30+/m1/s1. The van der Waals surface area contributed by atoms with Gasteiger partial charge < -0.3 is 14.7 Å². The highest BCUT2D eigenvalue weighted by Crippen LogP contribution is 2.59. The molecule has 0 aromatic heterocycles. The number of hydrogen-bond donors (Lipinski definition) is 1. The van der Waals surface area contributed by atoms with Gasteiger partial charge in [-0.2, -0.15) is 0 Å². The van der Waals surface area contributed by atoms with E-state index in [1.165, 1.54) is 0 Å². The molecule has 3 aromatic carbocycles. The van der Waals surface area contributed by atoms with Gasteiger partial charge in [-0.15, -0.1) is 0 Å². The molecule has 0 fully saturated rings. The highest BCUT2D eigenvalue weighted by atomic mass is 31.2. The van der Waals surface area contributed by atoms with Gasteiger partial charge in [0.15, 0.2) is 0 Å². The van der Waals surface area contributed by atoms with Gasteiger partial charge in [-0.3, -0.25) is 4.57 Å². The first-order valence-electron chi connectivity index (χ1n) is 10.4. The Hall–Kier alpha value is -2.55. The van der Waals surface area contributed by atoms with Gasteiger partial charge >= 0.3 is 0 Å². The lowest BCUT2D eigenvalue weighted by atomic mass is 10.2. The fourth-order valence-corrected chi connectivity index (χ4v) is 5.74. The third-order valence-electron chi connectivity index (χ3n) is 5.04. The lowest BCUT2D eigenvalue weighted by Gasteiger charge is -2.30. The summed E-state index contributed by atoms with van der Waals surface area (Å²) in [4.78, 5) is 2.03. The van der Waals surface area contributed by atoms with Crippen LogP contribution in [0.2, 0.25) is 0 Å². The van der Waals surface area contributed by atoms with Crippen molar-refractivity contribution in [1.82, 2.24) is 0 Å². The van der Waals surface area contributed by atoms with E-state index in [1.54, 1.807) is 0 Å². The highest BCUT2D eigenvalue weighted by molar-refractivity contribution is 7.67. The molecule has 0 saturated heterocycles. The average Bonchev–Trinajstić information content (AvgIpc) is 2.79. The maximum atomic E-state index is 14.6. The number of nitrogens with one attached hydrogen (secondary N) is 1. The molecular formula is C25H31N2O2P. The molecule has 0 spiro atoms. The number of rotatable bonds is 10. The van der Waals surface area contributed by atoms with Crippen molar-refractivity contribution in [3.05, 3.63) is 90.5 Å². The van der Waals surface area contributed by atoms with E-state index < -0.39 is 13.2 Å². The van der Waals surface area contributed by atoms with Crippen LogP contribution in [-0.2, 0) is 9.09 Å². The summed E-state index contributed by atoms with van der Waals surface area (Å²) in [5.41, 5.74) is 2.92. The number of benzene rings is 3. The molecule has 30 heavy (non-hydrogen) atoms. The van der Waals surface area contributed by atoms with Crippen molar-refractivity contribution in [3.63, 3.8) is 0 Å². The molecule has 0 unspecified atom stereocenters. The van der Waals surface area contributed by atoms with Gasteiger partial charge in [0.1, 0.15) is 5.78 Å². The number of para-hydroxylation sites is 1. The molecule has 5 heteroatoms. The molecule has 3 rings (SSSR count). The first-order chi connectivity index (χ1) is 14.5. The highest BCUT2D eigenvalue weighted by Gasteiger charge is 2.37. The van der Waals surface area contributed by atoms with Crippen molar-refractivity contribution in [2.45, 2.75) is 25.5 Å².